The molecule has 25 heavy (non-hydrogen) atoms. The van der Waals surface area contributed by atoms with Crippen LogP contribution in [0.25, 0.3) is 0 Å². The van der Waals surface area contributed by atoms with E-state index in [1.54, 1.807) is 11.1 Å². The molecule has 0 aromatic heterocycles. The smallest absolute Gasteiger partial charge is 0.123 e. The molecule has 2 heteroatoms. The maximum atomic E-state index is 6.41. The van der Waals surface area contributed by atoms with Crippen LogP contribution in [0.4, 0.5) is 0 Å². The Morgan fingerprint density at radius 1 is 0.960 bits per heavy atom. The molecule has 4 saturated carbocycles. The molecule has 4 fully saturated rings. The number of methoxy groups -OCH3 is 1. The van der Waals surface area contributed by atoms with E-state index in [2.05, 4.69) is 20.1 Å². The third-order valence-electron chi connectivity index (χ3n) is 8.73. The van der Waals surface area contributed by atoms with Gasteiger partial charge in [-0.3, -0.25) is 0 Å². The lowest BCUT2D eigenvalue weighted by Crippen LogP contribution is -2.50. The Labute approximate surface area is 153 Å². The lowest BCUT2D eigenvalue weighted by atomic mass is 9.56. The average Bonchev–Trinajstić information content (AvgIpc) is 3.03. The van der Waals surface area contributed by atoms with Gasteiger partial charge in [-0.25, -0.2) is 0 Å². The molecule has 1 aliphatic heterocycles. The fourth-order valence-corrected chi connectivity index (χ4v) is 7.60. The van der Waals surface area contributed by atoms with Gasteiger partial charge in [0, 0.05) is 13.0 Å². The first-order chi connectivity index (χ1) is 12.2. The van der Waals surface area contributed by atoms with Crippen LogP contribution >= 0.6 is 0 Å². The van der Waals surface area contributed by atoms with Crippen LogP contribution in [0.15, 0.2) is 23.0 Å². The summed E-state index contributed by atoms with van der Waals surface area (Å²) in [5, 5.41) is 0. The highest BCUT2D eigenvalue weighted by molar-refractivity contribution is 5.40. The van der Waals surface area contributed by atoms with Gasteiger partial charge in [0.2, 0.25) is 0 Å². The highest BCUT2D eigenvalue weighted by Gasteiger charge is 2.58. The SMILES string of the molecule is COC1CCC2C(C1)C1OC=C(C)C(C)=C1C1CC3CCCCC3C12. The second kappa shape index (κ2) is 6.15. The summed E-state index contributed by atoms with van der Waals surface area (Å²) >= 11 is 0. The molecule has 2 nitrogen and oxygen atoms in total. The molecular weight excluding hydrogens is 308 g/mol. The summed E-state index contributed by atoms with van der Waals surface area (Å²) < 4.78 is 12.2. The van der Waals surface area contributed by atoms with E-state index in [4.69, 9.17) is 9.47 Å². The Kier molecular flexibility index (Phi) is 4.04. The van der Waals surface area contributed by atoms with Gasteiger partial charge in [-0.2, -0.15) is 0 Å². The van der Waals surface area contributed by atoms with Crippen LogP contribution in [-0.4, -0.2) is 19.3 Å². The zero-order valence-corrected chi connectivity index (χ0v) is 16.2. The van der Waals surface area contributed by atoms with Crippen molar-refractivity contribution in [1.29, 1.82) is 0 Å². The minimum absolute atomic E-state index is 0.341. The molecule has 0 spiro atoms. The number of allylic oxidation sites excluding steroid dienone is 2. The Morgan fingerprint density at radius 3 is 2.64 bits per heavy atom. The van der Waals surface area contributed by atoms with Crippen molar-refractivity contribution in [2.75, 3.05) is 7.11 Å². The summed E-state index contributed by atoms with van der Waals surface area (Å²) in [5.74, 6) is 5.28. The number of ether oxygens (including phenoxy) is 2. The number of hydrogen-bond donors (Lipinski definition) is 0. The first-order valence-corrected chi connectivity index (χ1v) is 10.7. The van der Waals surface area contributed by atoms with Crippen LogP contribution in [0.3, 0.4) is 0 Å². The van der Waals surface area contributed by atoms with Gasteiger partial charge in [-0.15, -0.1) is 0 Å². The Bertz CT molecular complexity index is 603. The Balaban J connectivity index is 1.57. The second-order valence-corrected chi connectivity index (χ2v) is 9.56. The summed E-state index contributed by atoms with van der Waals surface area (Å²) in [7, 11) is 1.90. The van der Waals surface area contributed by atoms with E-state index >= 15 is 0 Å². The van der Waals surface area contributed by atoms with Gasteiger partial charge in [-0.1, -0.05) is 19.3 Å². The molecule has 0 radical (unpaired) electrons. The van der Waals surface area contributed by atoms with E-state index in [1.807, 2.05) is 7.11 Å². The quantitative estimate of drug-likeness (QED) is 0.627. The summed E-state index contributed by atoms with van der Waals surface area (Å²) in [6.07, 6.45) is 14.0. The van der Waals surface area contributed by atoms with Crippen LogP contribution in [0.1, 0.15) is 65.2 Å². The van der Waals surface area contributed by atoms with Crippen molar-refractivity contribution in [2.24, 2.45) is 35.5 Å². The number of rotatable bonds is 1. The normalized spacial score (nSPS) is 48.7. The molecule has 0 saturated heterocycles. The molecule has 1 heterocycles. The van der Waals surface area contributed by atoms with Gasteiger partial charge < -0.3 is 9.47 Å². The van der Waals surface area contributed by atoms with E-state index < -0.39 is 0 Å². The molecule has 4 aliphatic carbocycles. The molecule has 8 unspecified atom stereocenters. The van der Waals surface area contributed by atoms with Gasteiger partial charge in [0.05, 0.1) is 12.4 Å². The largest absolute Gasteiger partial charge is 0.493 e. The summed E-state index contributed by atoms with van der Waals surface area (Å²) in [5.41, 5.74) is 4.62. The van der Waals surface area contributed by atoms with Gasteiger partial charge in [0.25, 0.3) is 0 Å². The van der Waals surface area contributed by atoms with E-state index in [-0.39, 0.29) is 0 Å². The Morgan fingerprint density at radius 2 is 1.80 bits per heavy atom. The molecule has 5 rings (SSSR count). The molecule has 138 valence electrons. The minimum Gasteiger partial charge on any atom is -0.493 e. The summed E-state index contributed by atoms with van der Waals surface area (Å²) in [6.45, 7) is 4.60. The van der Waals surface area contributed by atoms with Crippen molar-refractivity contribution < 1.29 is 9.47 Å². The van der Waals surface area contributed by atoms with E-state index in [0.717, 1.165) is 29.6 Å². The highest BCUT2D eigenvalue weighted by Crippen LogP contribution is 2.63. The van der Waals surface area contributed by atoms with Crippen molar-refractivity contribution in [3.8, 4) is 0 Å². The van der Waals surface area contributed by atoms with Crippen molar-refractivity contribution >= 4 is 0 Å². The van der Waals surface area contributed by atoms with E-state index in [1.165, 1.54) is 56.9 Å². The molecule has 5 aliphatic rings. The third kappa shape index (κ3) is 2.39. The van der Waals surface area contributed by atoms with Gasteiger partial charge >= 0.3 is 0 Å². The molecule has 0 amide bonds. The van der Waals surface area contributed by atoms with Crippen molar-refractivity contribution in [1.82, 2.24) is 0 Å². The van der Waals surface area contributed by atoms with Gasteiger partial charge in [0.15, 0.2) is 0 Å². The van der Waals surface area contributed by atoms with Crippen LogP contribution in [0, 0.1) is 35.5 Å². The Hall–Kier alpha value is -0.760. The molecule has 0 N–H and O–H groups in total. The molecule has 8 atom stereocenters. The predicted octanol–water partition coefficient (Wildman–Crippen LogP) is 5.49. The van der Waals surface area contributed by atoms with Crippen molar-refractivity contribution in [3.05, 3.63) is 23.0 Å². The maximum absolute atomic E-state index is 6.41. The average molecular weight is 343 g/mol. The van der Waals surface area contributed by atoms with E-state index in [9.17, 15) is 0 Å². The maximum Gasteiger partial charge on any atom is 0.123 e. The summed E-state index contributed by atoms with van der Waals surface area (Å²) in [4.78, 5) is 0. The lowest BCUT2D eigenvalue weighted by Gasteiger charge is -2.53. The van der Waals surface area contributed by atoms with Gasteiger partial charge in [-0.05, 0) is 92.3 Å². The molecule has 0 bridgehead atoms. The zero-order chi connectivity index (χ0) is 17.1. The first-order valence-electron chi connectivity index (χ1n) is 10.7. The van der Waals surface area contributed by atoms with Crippen LogP contribution in [0.2, 0.25) is 0 Å². The minimum atomic E-state index is 0.341. The summed E-state index contributed by atoms with van der Waals surface area (Å²) in [6, 6.07) is 0. The van der Waals surface area contributed by atoms with Gasteiger partial charge in [0.1, 0.15) is 6.10 Å². The first kappa shape index (κ1) is 16.4. The van der Waals surface area contributed by atoms with Crippen LogP contribution in [0.5, 0.6) is 0 Å². The zero-order valence-electron chi connectivity index (χ0n) is 16.2. The molecule has 0 aromatic carbocycles. The topological polar surface area (TPSA) is 18.5 Å². The molecular formula is C23H34O2. The highest BCUT2D eigenvalue weighted by atomic mass is 16.5. The van der Waals surface area contributed by atoms with Crippen molar-refractivity contribution in [3.63, 3.8) is 0 Å². The monoisotopic (exact) mass is 342 g/mol. The predicted molar refractivity (Wildman–Crippen MR) is 100 cm³/mol. The van der Waals surface area contributed by atoms with Crippen LogP contribution in [-0.2, 0) is 9.47 Å². The number of hydrogen-bond acceptors (Lipinski definition) is 2. The van der Waals surface area contributed by atoms with E-state index in [0.29, 0.717) is 18.1 Å². The molecule has 0 aromatic rings. The fourth-order valence-electron chi connectivity index (χ4n) is 7.60. The second-order valence-electron chi connectivity index (χ2n) is 9.56. The van der Waals surface area contributed by atoms with Crippen molar-refractivity contribution in [2.45, 2.75) is 77.4 Å². The number of fused-ring (bicyclic) bond motifs is 8. The van der Waals surface area contributed by atoms with Crippen LogP contribution < -0.4 is 0 Å². The lowest BCUT2D eigenvalue weighted by molar-refractivity contribution is -0.0680. The third-order valence-corrected chi connectivity index (χ3v) is 8.73. The fraction of sp³-hybridized carbons (Fsp3) is 0.826. The standard InChI is InChI=1S/C23H34O2/c1-13-12-25-23-19-11-16(24-3)8-9-18(19)22-17-7-5-4-6-15(17)10-20(22)21(23)14(13)2/h12,15-20,22-23H,4-11H2,1-3H3.